The molecule has 1 aliphatic heterocycles. The van der Waals surface area contributed by atoms with Crippen molar-refractivity contribution in [3.63, 3.8) is 0 Å². The summed E-state index contributed by atoms with van der Waals surface area (Å²) < 4.78 is 0. The average molecular weight is 294 g/mol. The molecular formula is C18H34N2O. The van der Waals surface area contributed by atoms with Crippen LogP contribution in [0.5, 0.6) is 0 Å². The van der Waals surface area contributed by atoms with Gasteiger partial charge in [-0.25, -0.2) is 0 Å². The third-order valence-corrected chi connectivity index (χ3v) is 5.46. The summed E-state index contributed by atoms with van der Waals surface area (Å²) in [5, 5.41) is 13.4. The first-order valence-electron chi connectivity index (χ1n) is 8.73. The fourth-order valence-electron chi connectivity index (χ4n) is 4.05. The Balaban J connectivity index is 1.91. The first-order chi connectivity index (χ1) is 9.93. The second kappa shape index (κ2) is 7.15. The summed E-state index contributed by atoms with van der Waals surface area (Å²) in [6.07, 6.45) is 7.89. The molecule has 122 valence electrons. The number of nitrogens with one attached hydrogen (secondary N) is 1. The topological polar surface area (TPSA) is 35.5 Å². The zero-order chi connectivity index (χ0) is 15.5. The summed E-state index contributed by atoms with van der Waals surface area (Å²) in [6.45, 7) is 13.5. The predicted octanol–water partition coefficient (Wildman–Crippen LogP) is 3.15. The monoisotopic (exact) mass is 294 g/mol. The Labute approximate surface area is 130 Å². The molecule has 3 nitrogen and oxygen atoms in total. The SMILES string of the molecule is C=C([C@@H](CO)NC(C)C1CCCC1)N1CCCC(C)(C)C1. The van der Waals surface area contributed by atoms with E-state index in [1.54, 1.807) is 0 Å². The van der Waals surface area contributed by atoms with Gasteiger partial charge in [-0.2, -0.15) is 0 Å². The Kier molecular flexibility index (Phi) is 5.73. The average Bonchev–Trinajstić information content (AvgIpc) is 2.97. The minimum atomic E-state index is 0.00880. The smallest absolute Gasteiger partial charge is 0.0702 e. The molecule has 2 fully saturated rings. The molecule has 1 saturated heterocycles. The number of hydrogen-bond acceptors (Lipinski definition) is 3. The van der Waals surface area contributed by atoms with Gasteiger partial charge >= 0.3 is 0 Å². The van der Waals surface area contributed by atoms with E-state index >= 15 is 0 Å². The van der Waals surface area contributed by atoms with Crippen LogP contribution in [0.3, 0.4) is 0 Å². The largest absolute Gasteiger partial charge is 0.394 e. The van der Waals surface area contributed by atoms with Crippen LogP contribution in [0.15, 0.2) is 12.3 Å². The molecule has 2 aliphatic rings. The van der Waals surface area contributed by atoms with Crippen LogP contribution >= 0.6 is 0 Å². The van der Waals surface area contributed by atoms with Crippen LogP contribution in [0.4, 0.5) is 0 Å². The highest BCUT2D eigenvalue weighted by Crippen LogP contribution is 2.31. The lowest BCUT2D eigenvalue weighted by Gasteiger charge is -2.42. The third-order valence-electron chi connectivity index (χ3n) is 5.46. The van der Waals surface area contributed by atoms with Crippen molar-refractivity contribution in [2.75, 3.05) is 19.7 Å². The van der Waals surface area contributed by atoms with Gasteiger partial charge in [0.1, 0.15) is 0 Å². The number of likely N-dealkylation sites (tertiary alicyclic amines) is 1. The Hall–Kier alpha value is -0.540. The maximum atomic E-state index is 9.80. The minimum Gasteiger partial charge on any atom is -0.394 e. The molecule has 0 spiro atoms. The number of hydrogen-bond donors (Lipinski definition) is 2. The third kappa shape index (κ3) is 4.46. The van der Waals surface area contributed by atoms with Crippen LogP contribution in [-0.4, -0.2) is 41.8 Å². The molecule has 1 saturated carbocycles. The van der Waals surface area contributed by atoms with E-state index in [0.717, 1.165) is 24.7 Å². The maximum absolute atomic E-state index is 9.80. The van der Waals surface area contributed by atoms with E-state index < -0.39 is 0 Å². The van der Waals surface area contributed by atoms with Crippen LogP contribution in [0.25, 0.3) is 0 Å². The van der Waals surface area contributed by atoms with E-state index in [2.05, 4.69) is 37.6 Å². The Bertz CT molecular complexity index is 347. The number of aliphatic hydroxyl groups is 1. The van der Waals surface area contributed by atoms with Crippen molar-refractivity contribution in [1.29, 1.82) is 0 Å². The van der Waals surface area contributed by atoms with Gasteiger partial charge in [-0.15, -0.1) is 0 Å². The molecule has 0 radical (unpaired) electrons. The summed E-state index contributed by atoms with van der Waals surface area (Å²) in [5.41, 5.74) is 1.44. The van der Waals surface area contributed by atoms with Gasteiger partial charge in [-0.1, -0.05) is 33.3 Å². The van der Waals surface area contributed by atoms with Crippen molar-refractivity contribution in [1.82, 2.24) is 10.2 Å². The highest BCUT2D eigenvalue weighted by molar-refractivity contribution is 5.08. The Morgan fingerprint density at radius 3 is 2.57 bits per heavy atom. The molecule has 2 N–H and O–H groups in total. The second-order valence-corrected chi connectivity index (χ2v) is 7.92. The zero-order valence-electron chi connectivity index (χ0n) is 14.2. The van der Waals surface area contributed by atoms with Gasteiger partial charge in [0.25, 0.3) is 0 Å². The van der Waals surface area contributed by atoms with E-state index in [4.69, 9.17) is 0 Å². The molecule has 0 amide bonds. The molecule has 1 heterocycles. The Morgan fingerprint density at radius 1 is 1.33 bits per heavy atom. The van der Waals surface area contributed by atoms with Crippen LogP contribution in [0.2, 0.25) is 0 Å². The number of rotatable bonds is 6. The normalized spacial score (nSPS) is 25.8. The van der Waals surface area contributed by atoms with Gasteiger partial charge < -0.3 is 15.3 Å². The van der Waals surface area contributed by atoms with Crippen molar-refractivity contribution < 1.29 is 5.11 Å². The summed E-state index contributed by atoms with van der Waals surface area (Å²) >= 11 is 0. The van der Waals surface area contributed by atoms with E-state index in [1.807, 2.05) is 0 Å². The standard InChI is InChI=1S/C18H34N2O/c1-14(16-8-5-6-9-16)19-17(12-21)15(2)20-11-7-10-18(3,4)13-20/h14,16-17,19,21H,2,5-13H2,1,3-4H3/t14?,17-/m1/s1. The van der Waals surface area contributed by atoms with Gasteiger partial charge in [-0.3, -0.25) is 0 Å². The van der Waals surface area contributed by atoms with Crippen molar-refractivity contribution >= 4 is 0 Å². The maximum Gasteiger partial charge on any atom is 0.0702 e. The van der Waals surface area contributed by atoms with Crippen LogP contribution in [-0.2, 0) is 0 Å². The Morgan fingerprint density at radius 2 is 2.00 bits per heavy atom. The summed E-state index contributed by atoms with van der Waals surface area (Å²) in [5.74, 6) is 0.768. The lowest BCUT2D eigenvalue weighted by atomic mass is 9.83. The molecule has 2 atom stereocenters. The zero-order valence-corrected chi connectivity index (χ0v) is 14.2. The lowest BCUT2D eigenvalue weighted by Crippen LogP contribution is -2.49. The van der Waals surface area contributed by atoms with Crippen LogP contribution in [0, 0.1) is 11.3 Å². The summed E-state index contributed by atoms with van der Waals surface area (Å²) in [4.78, 5) is 2.39. The van der Waals surface area contributed by atoms with Crippen molar-refractivity contribution in [2.24, 2.45) is 11.3 Å². The number of aliphatic hydroxyl groups excluding tert-OH is 1. The first kappa shape index (κ1) is 16.8. The fourth-order valence-corrected chi connectivity index (χ4v) is 4.05. The number of nitrogens with zero attached hydrogens (tertiary/aromatic N) is 1. The predicted molar refractivity (Wildman–Crippen MR) is 89.2 cm³/mol. The molecule has 21 heavy (non-hydrogen) atoms. The molecule has 0 aromatic rings. The van der Waals surface area contributed by atoms with E-state index in [-0.39, 0.29) is 12.6 Å². The quantitative estimate of drug-likeness (QED) is 0.790. The second-order valence-electron chi connectivity index (χ2n) is 7.92. The van der Waals surface area contributed by atoms with E-state index in [0.29, 0.717) is 11.5 Å². The molecule has 0 aromatic carbocycles. The molecule has 3 heteroatoms. The van der Waals surface area contributed by atoms with Crippen molar-refractivity contribution in [3.8, 4) is 0 Å². The first-order valence-corrected chi connectivity index (χ1v) is 8.73. The van der Waals surface area contributed by atoms with E-state index in [1.165, 1.54) is 38.5 Å². The van der Waals surface area contributed by atoms with Gasteiger partial charge in [-0.05, 0) is 43.9 Å². The minimum absolute atomic E-state index is 0.00880. The van der Waals surface area contributed by atoms with Gasteiger partial charge in [0.15, 0.2) is 0 Å². The van der Waals surface area contributed by atoms with Crippen LogP contribution in [0.1, 0.15) is 59.3 Å². The molecule has 0 bridgehead atoms. The van der Waals surface area contributed by atoms with Crippen molar-refractivity contribution in [2.45, 2.75) is 71.4 Å². The molecule has 1 unspecified atom stereocenters. The van der Waals surface area contributed by atoms with Crippen molar-refractivity contribution in [3.05, 3.63) is 12.3 Å². The lowest BCUT2D eigenvalue weighted by molar-refractivity contribution is 0.127. The highest BCUT2D eigenvalue weighted by Gasteiger charge is 2.30. The molecule has 2 rings (SSSR count). The molecule has 1 aliphatic carbocycles. The summed E-state index contributed by atoms with van der Waals surface area (Å²) in [6, 6.07) is 0.480. The van der Waals surface area contributed by atoms with Gasteiger partial charge in [0.05, 0.1) is 12.6 Å². The molecular weight excluding hydrogens is 260 g/mol. The van der Waals surface area contributed by atoms with Crippen LogP contribution < -0.4 is 5.32 Å². The number of piperidine rings is 1. The van der Waals surface area contributed by atoms with Gasteiger partial charge in [0.2, 0.25) is 0 Å². The van der Waals surface area contributed by atoms with Gasteiger partial charge in [0, 0.05) is 24.8 Å². The highest BCUT2D eigenvalue weighted by atomic mass is 16.3. The molecule has 0 aromatic heterocycles. The summed E-state index contributed by atoms with van der Waals surface area (Å²) in [7, 11) is 0. The fraction of sp³-hybridized carbons (Fsp3) is 0.889. The van der Waals surface area contributed by atoms with E-state index in [9.17, 15) is 5.11 Å².